The van der Waals surface area contributed by atoms with Crippen molar-refractivity contribution in [3.8, 4) is 11.1 Å². The first-order valence-electron chi connectivity index (χ1n) is 9.82. The third-order valence-electron chi connectivity index (χ3n) is 4.45. The molecule has 9 heteroatoms. The fraction of sp³-hybridized carbons (Fsp3) is 0.650. The van der Waals surface area contributed by atoms with Gasteiger partial charge in [-0.15, -0.1) is 0 Å². The standard InChI is InChI=1S/C20H29N3O5S/c1-12(21-13(2)24)9-26-15-7-14(8-15)10-27-17-6-5-16-18(23-17)29-19(22-16)28-11-20(3,4)25/h5-6,12,14-15,25H,7-11H2,1-4H3,(H,21,24)/t12-,14?,15?/m0/s1. The predicted octanol–water partition coefficient (Wildman–Crippen LogP) is 2.54. The Morgan fingerprint density at radius 1 is 1.34 bits per heavy atom. The molecule has 0 aliphatic heterocycles. The molecule has 1 fully saturated rings. The normalized spacial score (nSPS) is 20.2. The fourth-order valence-electron chi connectivity index (χ4n) is 2.98. The Labute approximate surface area is 174 Å². The zero-order chi connectivity index (χ0) is 21.0. The van der Waals surface area contributed by atoms with Gasteiger partial charge in [0.25, 0.3) is 5.19 Å². The number of carbonyl (C=O) groups excluding carboxylic acids is 1. The van der Waals surface area contributed by atoms with E-state index in [1.807, 2.05) is 19.1 Å². The highest BCUT2D eigenvalue weighted by molar-refractivity contribution is 7.19. The van der Waals surface area contributed by atoms with Gasteiger partial charge in [0.2, 0.25) is 11.8 Å². The molecule has 0 aromatic carbocycles. The Bertz CT molecular complexity index is 829. The molecule has 160 valence electrons. The molecule has 0 spiro atoms. The minimum atomic E-state index is -0.911. The Kier molecular flexibility index (Phi) is 6.92. The van der Waals surface area contributed by atoms with Gasteiger partial charge in [-0.05, 0) is 45.6 Å². The van der Waals surface area contributed by atoms with Gasteiger partial charge in [0, 0.05) is 19.0 Å². The maximum atomic E-state index is 11.0. The van der Waals surface area contributed by atoms with Crippen LogP contribution in [0.4, 0.5) is 0 Å². The molecule has 2 aromatic heterocycles. The lowest BCUT2D eigenvalue weighted by atomic mass is 9.83. The molecule has 2 aromatic rings. The molecule has 0 unspecified atom stereocenters. The van der Waals surface area contributed by atoms with Gasteiger partial charge in [-0.3, -0.25) is 4.79 Å². The zero-order valence-electron chi connectivity index (χ0n) is 17.3. The lowest BCUT2D eigenvalue weighted by Gasteiger charge is -2.35. The van der Waals surface area contributed by atoms with E-state index in [0.717, 1.165) is 23.2 Å². The second-order valence-corrected chi connectivity index (χ2v) is 9.20. The van der Waals surface area contributed by atoms with E-state index in [1.165, 1.54) is 18.3 Å². The van der Waals surface area contributed by atoms with Gasteiger partial charge in [0.1, 0.15) is 12.1 Å². The van der Waals surface area contributed by atoms with Gasteiger partial charge in [0.05, 0.1) is 24.9 Å². The number of ether oxygens (including phenoxy) is 3. The Morgan fingerprint density at radius 2 is 2.10 bits per heavy atom. The van der Waals surface area contributed by atoms with Crippen LogP contribution in [0.25, 0.3) is 10.3 Å². The molecule has 29 heavy (non-hydrogen) atoms. The molecule has 2 heterocycles. The zero-order valence-corrected chi connectivity index (χ0v) is 18.1. The number of carbonyl (C=O) groups is 1. The first-order valence-corrected chi connectivity index (χ1v) is 10.6. The SMILES string of the molecule is CC(=O)N[C@@H](C)COC1CC(COc2ccc3nc(OCC(C)(C)O)sc3n2)C1. The Morgan fingerprint density at radius 3 is 2.79 bits per heavy atom. The first-order chi connectivity index (χ1) is 13.7. The summed E-state index contributed by atoms with van der Waals surface area (Å²) in [6.07, 6.45) is 2.13. The largest absolute Gasteiger partial charge is 0.477 e. The molecular formula is C20H29N3O5S. The lowest BCUT2D eigenvalue weighted by Crippen LogP contribution is -2.40. The number of rotatable bonds is 10. The van der Waals surface area contributed by atoms with Crippen LogP contribution in [0.3, 0.4) is 0 Å². The number of nitrogens with zero attached hydrogens (tertiary/aromatic N) is 2. The van der Waals surface area contributed by atoms with Crippen LogP contribution in [0.15, 0.2) is 12.1 Å². The highest BCUT2D eigenvalue weighted by atomic mass is 32.1. The number of thiazole rings is 1. The molecule has 0 bridgehead atoms. The van der Waals surface area contributed by atoms with Crippen molar-refractivity contribution in [1.29, 1.82) is 0 Å². The van der Waals surface area contributed by atoms with E-state index >= 15 is 0 Å². The maximum Gasteiger partial charge on any atom is 0.275 e. The van der Waals surface area contributed by atoms with Crippen molar-refractivity contribution >= 4 is 27.6 Å². The molecule has 1 saturated carbocycles. The van der Waals surface area contributed by atoms with Crippen LogP contribution in [-0.4, -0.2) is 58.5 Å². The van der Waals surface area contributed by atoms with E-state index in [9.17, 15) is 9.90 Å². The van der Waals surface area contributed by atoms with E-state index in [1.54, 1.807) is 13.8 Å². The number of aromatic nitrogens is 2. The van der Waals surface area contributed by atoms with E-state index < -0.39 is 5.60 Å². The van der Waals surface area contributed by atoms with Gasteiger partial charge in [-0.1, -0.05) is 11.3 Å². The first kappa shape index (κ1) is 21.7. The number of hydrogen-bond donors (Lipinski definition) is 2. The Hall–Kier alpha value is -1.97. The van der Waals surface area contributed by atoms with Crippen molar-refractivity contribution in [3.05, 3.63) is 12.1 Å². The fourth-order valence-corrected chi connectivity index (χ4v) is 3.76. The number of pyridine rings is 1. The van der Waals surface area contributed by atoms with Gasteiger partial charge < -0.3 is 24.6 Å². The van der Waals surface area contributed by atoms with Crippen LogP contribution in [0.5, 0.6) is 11.1 Å². The van der Waals surface area contributed by atoms with E-state index in [0.29, 0.717) is 30.2 Å². The van der Waals surface area contributed by atoms with Crippen molar-refractivity contribution in [2.75, 3.05) is 19.8 Å². The molecule has 1 aliphatic rings. The summed E-state index contributed by atoms with van der Waals surface area (Å²) < 4.78 is 17.2. The van der Waals surface area contributed by atoms with Crippen LogP contribution in [0.2, 0.25) is 0 Å². The molecule has 2 N–H and O–H groups in total. The van der Waals surface area contributed by atoms with Crippen LogP contribution < -0.4 is 14.8 Å². The van der Waals surface area contributed by atoms with Gasteiger partial charge >= 0.3 is 0 Å². The summed E-state index contributed by atoms with van der Waals surface area (Å²) in [7, 11) is 0. The van der Waals surface area contributed by atoms with Crippen LogP contribution >= 0.6 is 11.3 Å². The van der Waals surface area contributed by atoms with Gasteiger partial charge in [0.15, 0.2) is 4.83 Å². The monoisotopic (exact) mass is 423 g/mol. The maximum absolute atomic E-state index is 11.0. The number of hydrogen-bond acceptors (Lipinski definition) is 8. The summed E-state index contributed by atoms with van der Waals surface area (Å²) in [4.78, 5) is 20.6. The third kappa shape index (κ3) is 6.80. The number of aliphatic hydroxyl groups is 1. The summed E-state index contributed by atoms with van der Waals surface area (Å²) in [5.74, 6) is 0.974. The van der Waals surface area contributed by atoms with Crippen molar-refractivity contribution in [2.24, 2.45) is 5.92 Å². The lowest BCUT2D eigenvalue weighted by molar-refractivity contribution is -0.120. The smallest absolute Gasteiger partial charge is 0.275 e. The van der Waals surface area contributed by atoms with Crippen molar-refractivity contribution in [1.82, 2.24) is 15.3 Å². The second kappa shape index (κ2) is 9.23. The molecular weight excluding hydrogens is 394 g/mol. The molecule has 0 saturated heterocycles. The predicted molar refractivity (Wildman–Crippen MR) is 110 cm³/mol. The number of amides is 1. The Balaban J connectivity index is 1.40. The van der Waals surface area contributed by atoms with Crippen molar-refractivity contribution in [2.45, 2.75) is 58.3 Å². The summed E-state index contributed by atoms with van der Waals surface area (Å²) in [6, 6.07) is 3.69. The quantitative estimate of drug-likeness (QED) is 0.605. The highest BCUT2D eigenvalue weighted by Crippen LogP contribution is 2.32. The van der Waals surface area contributed by atoms with Gasteiger partial charge in [-0.25, -0.2) is 9.97 Å². The summed E-state index contributed by atoms with van der Waals surface area (Å²) in [5, 5.41) is 13.1. The minimum Gasteiger partial charge on any atom is -0.477 e. The van der Waals surface area contributed by atoms with Crippen LogP contribution in [0, 0.1) is 5.92 Å². The average molecular weight is 424 g/mol. The van der Waals surface area contributed by atoms with Crippen molar-refractivity contribution in [3.63, 3.8) is 0 Å². The minimum absolute atomic E-state index is 0.0236. The average Bonchev–Trinajstić information content (AvgIpc) is 2.99. The summed E-state index contributed by atoms with van der Waals surface area (Å²) in [5.41, 5.74) is -0.162. The molecule has 1 amide bonds. The summed E-state index contributed by atoms with van der Waals surface area (Å²) in [6.45, 7) is 8.11. The summed E-state index contributed by atoms with van der Waals surface area (Å²) >= 11 is 1.33. The van der Waals surface area contributed by atoms with Crippen molar-refractivity contribution < 1.29 is 24.1 Å². The number of fused-ring (bicyclic) bond motifs is 1. The molecule has 0 radical (unpaired) electrons. The second-order valence-electron chi connectivity index (χ2n) is 8.26. The highest BCUT2D eigenvalue weighted by Gasteiger charge is 2.31. The van der Waals surface area contributed by atoms with E-state index in [-0.39, 0.29) is 24.7 Å². The third-order valence-corrected chi connectivity index (χ3v) is 5.33. The van der Waals surface area contributed by atoms with E-state index in [4.69, 9.17) is 14.2 Å². The molecule has 3 rings (SSSR count). The molecule has 8 nitrogen and oxygen atoms in total. The van der Waals surface area contributed by atoms with Crippen LogP contribution in [0.1, 0.15) is 40.5 Å². The molecule has 1 aliphatic carbocycles. The molecule has 1 atom stereocenters. The number of nitrogens with one attached hydrogen (secondary N) is 1. The van der Waals surface area contributed by atoms with E-state index in [2.05, 4.69) is 15.3 Å². The van der Waals surface area contributed by atoms with Gasteiger partial charge in [-0.2, -0.15) is 0 Å². The van der Waals surface area contributed by atoms with Crippen LogP contribution in [-0.2, 0) is 9.53 Å². The topological polar surface area (TPSA) is 103 Å².